The highest BCUT2D eigenvalue weighted by molar-refractivity contribution is 5.80. The predicted octanol–water partition coefficient (Wildman–Crippen LogP) is 1.68. The van der Waals surface area contributed by atoms with Crippen LogP contribution in [0.25, 0.3) is 0 Å². The Morgan fingerprint density at radius 3 is 2.57 bits per heavy atom. The average Bonchev–Trinajstić information content (AvgIpc) is 3.44. The minimum atomic E-state index is 0.236. The minimum Gasteiger partial charge on any atom is -0.379 e. The van der Waals surface area contributed by atoms with Gasteiger partial charge in [0.2, 0.25) is 5.91 Å². The van der Waals surface area contributed by atoms with Gasteiger partial charge in [0.25, 0.3) is 0 Å². The second-order valence-electron chi connectivity index (χ2n) is 8.39. The van der Waals surface area contributed by atoms with E-state index in [4.69, 9.17) is 9.73 Å². The number of nitrogens with one attached hydrogen (secondary N) is 1. The first kappa shape index (κ1) is 21.1. The molecule has 2 saturated heterocycles. The standard InChI is InChI=1S/C23H35N5O2/c1-2-24-23(27-11-9-21(18-27)26-12-14-30-15-13-26)25-10-5-8-22(29)28-16-19-6-3-4-7-20(19)17-28/h3-4,6-7,21H,2,5,8-18H2,1H3,(H,24,25). The number of amides is 1. The molecule has 0 bridgehead atoms. The fourth-order valence-electron chi connectivity index (χ4n) is 4.68. The Hall–Kier alpha value is -2.12. The number of benzene rings is 1. The van der Waals surface area contributed by atoms with E-state index in [2.05, 4.69) is 34.2 Å². The summed E-state index contributed by atoms with van der Waals surface area (Å²) in [6.07, 6.45) is 2.53. The second-order valence-corrected chi connectivity index (χ2v) is 8.39. The van der Waals surface area contributed by atoms with E-state index in [1.165, 1.54) is 17.5 Å². The molecule has 1 atom stereocenters. The van der Waals surface area contributed by atoms with Crippen molar-refractivity contribution < 1.29 is 9.53 Å². The fraction of sp³-hybridized carbons (Fsp3) is 0.652. The van der Waals surface area contributed by atoms with Crippen LogP contribution in [0.3, 0.4) is 0 Å². The molecule has 0 radical (unpaired) electrons. The number of carbonyl (C=O) groups is 1. The van der Waals surface area contributed by atoms with Crippen molar-refractivity contribution in [1.82, 2.24) is 20.0 Å². The third-order valence-electron chi connectivity index (χ3n) is 6.36. The number of carbonyl (C=O) groups excluding carboxylic acids is 1. The van der Waals surface area contributed by atoms with Crippen LogP contribution in [-0.2, 0) is 22.6 Å². The molecule has 3 aliphatic heterocycles. The Bertz CT molecular complexity index is 722. The van der Waals surface area contributed by atoms with Crippen LogP contribution in [0.2, 0.25) is 0 Å². The van der Waals surface area contributed by atoms with E-state index in [9.17, 15) is 4.79 Å². The number of nitrogens with zero attached hydrogens (tertiary/aromatic N) is 4. The summed E-state index contributed by atoms with van der Waals surface area (Å²) in [5, 5.41) is 3.44. The van der Waals surface area contributed by atoms with E-state index in [-0.39, 0.29) is 5.91 Å². The smallest absolute Gasteiger partial charge is 0.223 e. The van der Waals surface area contributed by atoms with E-state index >= 15 is 0 Å². The largest absolute Gasteiger partial charge is 0.379 e. The van der Waals surface area contributed by atoms with Crippen molar-refractivity contribution in [2.75, 3.05) is 52.5 Å². The van der Waals surface area contributed by atoms with E-state index in [1.54, 1.807) is 0 Å². The molecule has 3 heterocycles. The molecule has 0 aromatic heterocycles. The van der Waals surface area contributed by atoms with Crippen molar-refractivity contribution >= 4 is 11.9 Å². The summed E-state index contributed by atoms with van der Waals surface area (Å²) in [5.41, 5.74) is 2.56. The Morgan fingerprint density at radius 2 is 1.87 bits per heavy atom. The fourth-order valence-corrected chi connectivity index (χ4v) is 4.68. The van der Waals surface area contributed by atoms with Crippen LogP contribution in [0.1, 0.15) is 37.3 Å². The number of likely N-dealkylation sites (tertiary alicyclic amines) is 1. The first-order valence-electron chi connectivity index (χ1n) is 11.4. The van der Waals surface area contributed by atoms with Gasteiger partial charge >= 0.3 is 0 Å². The van der Waals surface area contributed by atoms with Crippen molar-refractivity contribution in [3.05, 3.63) is 35.4 Å². The molecule has 3 aliphatic rings. The summed E-state index contributed by atoms with van der Waals surface area (Å²) in [7, 11) is 0. The van der Waals surface area contributed by atoms with Gasteiger partial charge in [-0.05, 0) is 30.9 Å². The lowest BCUT2D eigenvalue weighted by molar-refractivity contribution is -0.131. The van der Waals surface area contributed by atoms with E-state index < -0.39 is 0 Å². The Morgan fingerprint density at radius 1 is 1.13 bits per heavy atom. The lowest BCUT2D eigenvalue weighted by Crippen LogP contribution is -2.46. The lowest BCUT2D eigenvalue weighted by atomic mass is 10.1. The van der Waals surface area contributed by atoms with Crippen molar-refractivity contribution in [3.8, 4) is 0 Å². The van der Waals surface area contributed by atoms with Gasteiger partial charge in [-0.15, -0.1) is 0 Å². The third kappa shape index (κ3) is 5.13. The summed E-state index contributed by atoms with van der Waals surface area (Å²) in [4.78, 5) is 24.3. The maximum atomic E-state index is 12.6. The molecule has 1 aromatic rings. The quantitative estimate of drug-likeness (QED) is 0.437. The molecular weight excluding hydrogens is 378 g/mol. The van der Waals surface area contributed by atoms with Gasteiger partial charge in [0.1, 0.15) is 0 Å². The Kier molecular flexibility index (Phi) is 7.23. The number of guanidine groups is 1. The van der Waals surface area contributed by atoms with Crippen molar-refractivity contribution in [2.45, 2.75) is 45.3 Å². The molecule has 1 amide bonds. The van der Waals surface area contributed by atoms with Gasteiger partial charge in [0, 0.05) is 64.8 Å². The molecule has 4 rings (SSSR count). The van der Waals surface area contributed by atoms with Gasteiger partial charge in [-0.25, -0.2) is 0 Å². The summed E-state index contributed by atoms with van der Waals surface area (Å²) < 4.78 is 5.49. The molecule has 1 aromatic carbocycles. The van der Waals surface area contributed by atoms with Crippen LogP contribution >= 0.6 is 0 Å². The minimum absolute atomic E-state index is 0.236. The normalized spacial score (nSPS) is 22.4. The third-order valence-corrected chi connectivity index (χ3v) is 6.36. The zero-order valence-electron chi connectivity index (χ0n) is 18.2. The molecule has 1 N–H and O–H groups in total. The summed E-state index contributed by atoms with van der Waals surface area (Å²) in [6.45, 7) is 11.0. The number of fused-ring (bicyclic) bond motifs is 1. The number of morpholine rings is 1. The van der Waals surface area contributed by atoms with Crippen LogP contribution in [0.4, 0.5) is 0 Å². The van der Waals surface area contributed by atoms with Gasteiger partial charge in [0.05, 0.1) is 13.2 Å². The lowest BCUT2D eigenvalue weighted by Gasteiger charge is -2.32. The zero-order chi connectivity index (χ0) is 20.8. The van der Waals surface area contributed by atoms with Crippen LogP contribution < -0.4 is 5.32 Å². The number of ether oxygens (including phenoxy) is 1. The van der Waals surface area contributed by atoms with Gasteiger partial charge in [-0.2, -0.15) is 0 Å². The molecule has 0 aliphatic carbocycles. The van der Waals surface area contributed by atoms with Gasteiger partial charge in [-0.1, -0.05) is 24.3 Å². The van der Waals surface area contributed by atoms with Crippen LogP contribution in [0.15, 0.2) is 29.3 Å². The SMILES string of the molecule is CCNC(=NCCCC(=O)N1Cc2ccccc2C1)N1CCC(N2CCOCC2)C1. The maximum Gasteiger partial charge on any atom is 0.223 e. The van der Waals surface area contributed by atoms with Crippen molar-refractivity contribution in [1.29, 1.82) is 0 Å². The molecule has 7 heteroatoms. The molecule has 30 heavy (non-hydrogen) atoms. The first-order chi connectivity index (χ1) is 14.7. The molecular formula is C23H35N5O2. The van der Waals surface area contributed by atoms with E-state index in [1.807, 2.05) is 17.0 Å². The monoisotopic (exact) mass is 413 g/mol. The number of hydrogen-bond donors (Lipinski definition) is 1. The molecule has 2 fully saturated rings. The molecule has 1 unspecified atom stereocenters. The highest BCUT2D eigenvalue weighted by atomic mass is 16.5. The van der Waals surface area contributed by atoms with Crippen LogP contribution in [0.5, 0.6) is 0 Å². The average molecular weight is 414 g/mol. The predicted molar refractivity (Wildman–Crippen MR) is 118 cm³/mol. The summed E-state index contributed by atoms with van der Waals surface area (Å²) in [5.74, 6) is 1.23. The molecule has 0 saturated carbocycles. The molecule has 7 nitrogen and oxygen atoms in total. The van der Waals surface area contributed by atoms with Crippen molar-refractivity contribution in [2.24, 2.45) is 4.99 Å². The zero-order valence-corrected chi connectivity index (χ0v) is 18.2. The van der Waals surface area contributed by atoms with Crippen LogP contribution in [-0.4, -0.2) is 85.1 Å². The van der Waals surface area contributed by atoms with Gasteiger partial charge in [-0.3, -0.25) is 14.7 Å². The van der Waals surface area contributed by atoms with E-state index in [0.717, 1.165) is 71.4 Å². The van der Waals surface area contributed by atoms with Crippen molar-refractivity contribution in [3.63, 3.8) is 0 Å². The summed E-state index contributed by atoms with van der Waals surface area (Å²) in [6, 6.07) is 8.93. The second kappa shape index (κ2) is 10.3. The topological polar surface area (TPSA) is 60.4 Å². The number of rotatable bonds is 6. The molecule has 0 spiro atoms. The summed E-state index contributed by atoms with van der Waals surface area (Å²) >= 11 is 0. The first-order valence-corrected chi connectivity index (χ1v) is 11.4. The highest BCUT2D eigenvalue weighted by Crippen LogP contribution is 2.23. The molecule has 164 valence electrons. The van der Waals surface area contributed by atoms with Gasteiger partial charge in [0.15, 0.2) is 5.96 Å². The maximum absolute atomic E-state index is 12.6. The Balaban J connectivity index is 1.23. The highest BCUT2D eigenvalue weighted by Gasteiger charge is 2.30. The van der Waals surface area contributed by atoms with E-state index in [0.29, 0.717) is 19.0 Å². The number of hydrogen-bond acceptors (Lipinski definition) is 4. The van der Waals surface area contributed by atoms with Crippen LogP contribution in [0, 0.1) is 0 Å². The Labute approximate surface area is 180 Å². The van der Waals surface area contributed by atoms with Gasteiger partial charge < -0.3 is 19.9 Å². The number of aliphatic imine (C=N–C) groups is 1.